The van der Waals surface area contributed by atoms with Gasteiger partial charge in [0.2, 0.25) is 6.10 Å². The van der Waals surface area contributed by atoms with Crippen LogP contribution in [0.3, 0.4) is 0 Å². The van der Waals surface area contributed by atoms with E-state index in [0.717, 1.165) is 16.7 Å². The van der Waals surface area contributed by atoms with Gasteiger partial charge in [0.05, 0.1) is 5.56 Å². The van der Waals surface area contributed by atoms with Crippen molar-refractivity contribution in [3.8, 4) is 0 Å². The highest BCUT2D eigenvalue weighted by Gasteiger charge is 2.34. The fraction of sp³-hybridized carbons (Fsp3) is 0.0667. The molecule has 0 saturated heterocycles. The number of hydrogen-bond acceptors (Lipinski definition) is 2. The van der Waals surface area contributed by atoms with E-state index in [1.54, 1.807) is 0 Å². The lowest BCUT2D eigenvalue weighted by Gasteiger charge is -2.08. The molecule has 83 valence electrons. The number of esters is 1. The van der Waals surface area contributed by atoms with Crippen LogP contribution in [0, 0.1) is 13.0 Å². The average Bonchev–Trinajstić information content (AvgIpc) is 2.69. The van der Waals surface area contributed by atoms with E-state index in [9.17, 15) is 4.79 Å². The summed E-state index contributed by atoms with van der Waals surface area (Å²) in [4.78, 5) is 11.8. The van der Waals surface area contributed by atoms with Gasteiger partial charge in [0.25, 0.3) is 0 Å². The van der Waals surface area contributed by atoms with Gasteiger partial charge in [-0.2, -0.15) is 0 Å². The zero-order chi connectivity index (χ0) is 11.8. The monoisotopic (exact) mass is 223 g/mol. The molecule has 0 N–H and O–H groups in total. The molecule has 3 rings (SSSR count). The molecule has 0 spiro atoms. The largest absolute Gasteiger partial charge is 0.440 e. The van der Waals surface area contributed by atoms with Crippen molar-refractivity contribution in [2.75, 3.05) is 0 Å². The molecule has 0 amide bonds. The SMILES string of the molecule is Cc1cccc2c1C(=O)O[C]2c1ccccc1. The van der Waals surface area contributed by atoms with E-state index in [2.05, 4.69) is 0 Å². The van der Waals surface area contributed by atoms with Gasteiger partial charge in [-0.3, -0.25) is 0 Å². The summed E-state index contributed by atoms with van der Waals surface area (Å²) in [5.74, 6) is -0.253. The van der Waals surface area contributed by atoms with Gasteiger partial charge in [0.15, 0.2) is 0 Å². The van der Waals surface area contributed by atoms with E-state index in [-0.39, 0.29) is 5.97 Å². The predicted octanol–water partition coefficient (Wildman–Crippen LogP) is 3.09. The fourth-order valence-electron chi connectivity index (χ4n) is 2.13. The number of aryl methyl sites for hydroxylation is 1. The Kier molecular flexibility index (Phi) is 2.22. The fourth-order valence-corrected chi connectivity index (χ4v) is 2.13. The molecular formula is C15H11O2. The van der Waals surface area contributed by atoms with Crippen LogP contribution in [0.2, 0.25) is 0 Å². The van der Waals surface area contributed by atoms with Crippen LogP contribution in [-0.4, -0.2) is 5.97 Å². The standard InChI is InChI=1S/C15H11O2/c1-10-6-5-9-12-13(10)15(16)17-14(12)11-7-3-2-4-8-11/h2-9H,1H3. The lowest BCUT2D eigenvalue weighted by atomic mass is 9.96. The first-order chi connectivity index (χ1) is 8.27. The number of fused-ring (bicyclic) bond motifs is 1. The van der Waals surface area contributed by atoms with Crippen molar-refractivity contribution in [3.05, 3.63) is 76.9 Å². The highest BCUT2D eigenvalue weighted by molar-refractivity contribution is 5.98. The molecule has 2 aromatic rings. The van der Waals surface area contributed by atoms with Gasteiger partial charge in [-0.25, -0.2) is 4.79 Å². The second-order valence-electron chi connectivity index (χ2n) is 4.08. The highest BCUT2D eigenvalue weighted by Crippen LogP contribution is 2.36. The van der Waals surface area contributed by atoms with Crippen LogP contribution < -0.4 is 0 Å². The third kappa shape index (κ3) is 1.53. The van der Waals surface area contributed by atoms with Crippen LogP contribution >= 0.6 is 0 Å². The predicted molar refractivity (Wildman–Crippen MR) is 64.5 cm³/mol. The summed E-state index contributed by atoms with van der Waals surface area (Å²) < 4.78 is 5.38. The number of benzene rings is 2. The number of ether oxygens (including phenoxy) is 1. The second kappa shape index (κ2) is 3.74. The maximum absolute atomic E-state index is 11.8. The van der Waals surface area contributed by atoms with E-state index < -0.39 is 0 Å². The molecule has 0 aromatic heterocycles. The molecule has 17 heavy (non-hydrogen) atoms. The van der Waals surface area contributed by atoms with Crippen molar-refractivity contribution < 1.29 is 9.53 Å². The van der Waals surface area contributed by atoms with Gasteiger partial charge in [0.1, 0.15) is 0 Å². The van der Waals surface area contributed by atoms with Crippen molar-refractivity contribution in [2.24, 2.45) is 0 Å². The molecule has 2 heteroatoms. The van der Waals surface area contributed by atoms with Crippen molar-refractivity contribution >= 4 is 5.97 Å². The quantitative estimate of drug-likeness (QED) is 0.694. The third-order valence-electron chi connectivity index (χ3n) is 2.95. The van der Waals surface area contributed by atoms with Gasteiger partial charge in [0, 0.05) is 11.1 Å². The van der Waals surface area contributed by atoms with Crippen LogP contribution in [0.15, 0.2) is 48.5 Å². The zero-order valence-electron chi connectivity index (χ0n) is 9.44. The summed E-state index contributed by atoms with van der Waals surface area (Å²) in [7, 11) is 0. The summed E-state index contributed by atoms with van der Waals surface area (Å²) in [6, 6.07) is 15.5. The van der Waals surface area contributed by atoms with Crippen LogP contribution in [-0.2, 0) is 4.74 Å². The summed E-state index contributed by atoms with van der Waals surface area (Å²) in [6.45, 7) is 1.92. The Labute approximate surface area is 99.9 Å². The first-order valence-corrected chi connectivity index (χ1v) is 5.52. The van der Waals surface area contributed by atoms with Gasteiger partial charge in [-0.15, -0.1) is 0 Å². The number of carbonyl (C=O) groups is 1. The van der Waals surface area contributed by atoms with E-state index in [1.807, 2.05) is 55.5 Å². The number of cyclic esters (lactones) is 1. The van der Waals surface area contributed by atoms with Crippen molar-refractivity contribution in [1.29, 1.82) is 0 Å². The molecule has 1 radical (unpaired) electrons. The van der Waals surface area contributed by atoms with Crippen molar-refractivity contribution in [3.63, 3.8) is 0 Å². The van der Waals surface area contributed by atoms with E-state index in [0.29, 0.717) is 11.7 Å². The maximum atomic E-state index is 11.8. The molecule has 2 aromatic carbocycles. The smallest absolute Gasteiger partial charge is 0.340 e. The average molecular weight is 223 g/mol. The van der Waals surface area contributed by atoms with Gasteiger partial charge >= 0.3 is 5.97 Å². The second-order valence-corrected chi connectivity index (χ2v) is 4.08. The van der Waals surface area contributed by atoms with E-state index in [1.165, 1.54) is 0 Å². The Morgan fingerprint density at radius 1 is 0.941 bits per heavy atom. The Balaban J connectivity index is 2.14. The van der Waals surface area contributed by atoms with Crippen LogP contribution in [0.1, 0.15) is 27.0 Å². The molecule has 0 aliphatic carbocycles. The molecule has 1 aliphatic heterocycles. The first-order valence-electron chi connectivity index (χ1n) is 5.52. The summed E-state index contributed by atoms with van der Waals surface area (Å²) in [6.07, 6.45) is 0.661. The third-order valence-corrected chi connectivity index (χ3v) is 2.95. The highest BCUT2D eigenvalue weighted by atomic mass is 16.5. The minimum atomic E-state index is -0.253. The van der Waals surface area contributed by atoms with Crippen LogP contribution in [0.4, 0.5) is 0 Å². The lowest BCUT2D eigenvalue weighted by Crippen LogP contribution is -2.01. The normalized spacial score (nSPS) is 14.5. The first kappa shape index (κ1) is 10.1. The number of carbonyl (C=O) groups excluding carboxylic acids is 1. The Hall–Kier alpha value is -2.09. The van der Waals surface area contributed by atoms with Crippen LogP contribution in [0.25, 0.3) is 0 Å². The van der Waals surface area contributed by atoms with Crippen LogP contribution in [0.5, 0.6) is 0 Å². The van der Waals surface area contributed by atoms with E-state index in [4.69, 9.17) is 4.74 Å². The Bertz CT molecular complexity index is 573. The molecule has 0 fully saturated rings. The van der Waals surface area contributed by atoms with Crippen molar-refractivity contribution in [1.82, 2.24) is 0 Å². The molecule has 0 atom stereocenters. The lowest BCUT2D eigenvalue weighted by molar-refractivity contribution is 0.0619. The minimum absolute atomic E-state index is 0.253. The van der Waals surface area contributed by atoms with Crippen molar-refractivity contribution in [2.45, 2.75) is 6.92 Å². The zero-order valence-corrected chi connectivity index (χ0v) is 9.44. The molecule has 0 bridgehead atoms. The Morgan fingerprint density at radius 3 is 2.47 bits per heavy atom. The Morgan fingerprint density at radius 2 is 1.71 bits per heavy atom. The molecule has 0 saturated carbocycles. The topological polar surface area (TPSA) is 26.3 Å². The van der Waals surface area contributed by atoms with Gasteiger partial charge in [-0.05, 0) is 12.5 Å². The minimum Gasteiger partial charge on any atom is -0.440 e. The molecule has 1 heterocycles. The number of rotatable bonds is 1. The molecule has 2 nitrogen and oxygen atoms in total. The molecule has 0 unspecified atom stereocenters. The summed E-state index contributed by atoms with van der Waals surface area (Å²) in [5, 5.41) is 0. The summed E-state index contributed by atoms with van der Waals surface area (Å²) >= 11 is 0. The summed E-state index contributed by atoms with van der Waals surface area (Å²) in [5.41, 5.74) is 3.47. The molecular weight excluding hydrogens is 212 g/mol. The molecule has 1 aliphatic rings. The maximum Gasteiger partial charge on any atom is 0.340 e. The van der Waals surface area contributed by atoms with E-state index >= 15 is 0 Å². The van der Waals surface area contributed by atoms with Gasteiger partial charge in [-0.1, -0.05) is 48.5 Å². The van der Waals surface area contributed by atoms with Gasteiger partial charge < -0.3 is 4.74 Å². The number of hydrogen-bond donors (Lipinski definition) is 0.